The van der Waals surface area contributed by atoms with Crippen LogP contribution in [0, 0.1) is 27.7 Å². The van der Waals surface area contributed by atoms with Crippen LogP contribution in [0.3, 0.4) is 0 Å². The molecule has 2 N–H and O–H groups in total. The average molecular weight is 427 g/mol. The molecule has 0 bridgehead atoms. The average Bonchev–Trinajstić information content (AvgIpc) is 2.79. The fourth-order valence-electron chi connectivity index (χ4n) is 3.14. The van der Waals surface area contributed by atoms with Crippen LogP contribution in [0.4, 0.5) is 5.69 Å². The van der Waals surface area contributed by atoms with E-state index >= 15 is 0 Å². The molecule has 0 radical (unpaired) electrons. The monoisotopic (exact) mass is 426 g/mol. The van der Waals surface area contributed by atoms with Crippen molar-refractivity contribution in [2.45, 2.75) is 41.5 Å². The molecule has 0 aromatic heterocycles. The van der Waals surface area contributed by atoms with Crippen molar-refractivity contribution in [3.8, 4) is 0 Å². The standard InChI is InChI=1S/C27H30N4O/c1-17-10-12-23(14-19(17)3)21(5)28-30-26-9-7-8-25(16-26)27(32)31-29-22(6)24-13-11-18(2)20(4)15-24/h7-16,30H,1-6H3,(H,31,32). The molecule has 164 valence electrons. The minimum absolute atomic E-state index is 0.272. The van der Waals surface area contributed by atoms with Crippen LogP contribution in [0.25, 0.3) is 0 Å². The number of hydrogen-bond donors (Lipinski definition) is 2. The number of nitrogens with zero attached hydrogens (tertiary/aromatic N) is 2. The number of nitrogens with one attached hydrogen (secondary N) is 2. The summed E-state index contributed by atoms with van der Waals surface area (Å²) in [4.78, 5) is 12.6. The first-order valence-corrected chi connectivity index (χ1v) is 10.6. The van der Waals surface area contributed by atoms with Crippen LogP contribution in [0.2, 0.25) is 0 Å². The van der Waals surface area contributed by atoms with E-state index in [0.717, 1.165) is 28.2 Å². The lowest BCUT2D eigenvalue weighted by Crippen LogP contribution is -2.19. The van der Waals surface area contributed by atoms with Crippen LogP contribution < -0.4 is 10.9 Å². The van der Waals surface area contributed by atoms with Crippen molar-refractivity contribution < 1.29 is 4.79 Å². The maximum atomic E-state index is 12.6. The van der Waals surface area contributed by atoms with Gasteiger partial charge in [-0.1, -0.05) is 30.3 Å². The van der Waals surface area contributed by atoms with Crippen molar-refractivity contribution in [1.29, 1.82) is 0 Å². The molecule has 5 nitrogen and oxygen atoms in total. The second-order valence-electron chi connectivity index (χ2n) is 8.13. The Kier molecular flexibility index (Phi) is 7.21. The fraction of sp³-hybridized carbons (Fsp3) is 0.222. The number of anilines is 1. The SMILES string of the molecule is CC(=NNC(=O)c1cccc(NN=C(C)c2ccc(C)c(C)c2)c1)c1ccc(C)c(C)c1. The van der Waals surface area contributed by atoms with Gasteiger partial charge in [0.15, 0.2) is 0 Å². The second kappa shape index (κ2) is 10.1. The summed E-state index contributed by atoms with van der Waals surface area (Å²) >= 11 is 0. The van der Waals surface area contributed by atoms with Crippen molar-refractivity contribution in [2.24, 2.45) is 10.2 Å². The van der Waals surface area contributed by atoms with Gasteiger partial charge in [-0.2, -0.15) is 10.2 Å². The Balaban J connectivity index is 1.68. The molecule has 0 aliphatic heterocycles. The molecule has 3 rings (SSSR count). The van der Waals surface area contributed by atoms with Crippen molar-refractivity contribution in [2.75, 3.05) is 5.43 Å². The Morgan fingerprint density at radius 3 is 1.78 bits per heavy atom. The van der Waals surface area contributed by atoms with E-state index in [4.69, 9.17) is 0 Å². The van der Waals surface area contributed by atoms with Gasteiger partial charge < -0.3 is 0 Å². The van der Waals surface area contributed by atoms with E-state index in [9.17, 15) is 4.79 Å². The normalized spacial score (nSPS) is 11.9. The molecular formula is C27H30N4O. The van der Waals surface area contributed by atoms with Gasteiger partial charge in [-0.25, -0.2) is 5.43 Å². The van der Waals surface area contributed by atoms with E-state index in [2.05, 4.69) is 79.1 Å². The van der Waals surface area contributed by atoms with Gasteiger partial charge in [0.1, 0.15) is 0 Å². The number of hydrazone groups is 2. The summed E-state index contributed by atoms with van der Waals surface area (Å²) in [7, 11) is 0. The van der Waals surface area contributed by atoms with E-state index < -0.39 is 0 Å². The van der Waals surface area contributed by atoms with Gasteiger partial charge in [0.25, 0.3) is 5.91 Å². The molecule has 0 fully saturated rings. The summed E-state index contributed by atoms with van der Waals surface area (Å²) in [5.41, 5.74) is 15.5. The fourth-order valence-corrected chi connectivity index (χ4v) is 3.14. The largest absolute Gasteiger partial charge is 0.278 e. The molecule has 5 heteroatoms. The summed E-state index contributed by atoms with van der Waals surface area (Å²) in [6.07, 6.45) is 0. The quantitative estimate of drug-likeness (QED) is 0.380. The van der Waals surface area contributed by atoms with Crippen LogP contribution >= 0.6 is 0 Å². The Morgan fingerprint density at radius 2 is 1.22 bits per heavy atom. The maximum Gasteiger partial charge on any atom is 0.271 e. The molecule has 32 heavy (non-hydrogen) atoms. The van der Waals surface area contributed by atoms with E-state index in [1.165, 1.54) is 22.3 Å². The Labute approximate surface area is 190 Å². The molecule has 0 heterocycles. The first kappa shape index (κ1) is 22.9. The van der Waals surface area contributed by atoms with Gasteiger partial charge >= 0.3 is 0 Å². The maximum absolute atomic E-state index is 12.6. The minimum atomic E-state index is -0.272. The van der Waals surface area contributed by atoms with Gasteiger partial charge in [-0.15, -0.1) is 0 Å². The molecule has 0 atom stereocenters. The van der Waals surface area contributed by atoms with Crippen LogP contribution in [0.15, 0.2) is 70.9 Å². The zero-order valence-electron chi connectivity index (χ0n) is 19.6. The summed E-state index contributed by atoms with van der Waals surface area (Å²) < 4.78 is 0. The topological polar surface area (TPSA) is 65.8 Å². The highest BCUT2D eigenvalue weighted by molar-refractivity contribution is 6.01. The molecule has 0 unspecified atom stereocenters. The lowest BCUT2D eigenvalue weighted by molar-refractivity contribution is 0.0955. The predicted molar refractivity (Wildman–Crippen MR) is 134 cm³/mol. The van der Waals surface area contributed by atoms with Crippen molar-refractivity contribution >= 4 is 23.0 Å². The number of benzene rings is 3. The molecule has 0 saturated carbocycles. The molecule has 0 aliphatic carbocycles. The van der Waals surface area contributed by atoms with E-state index in [0.29, 0.717) is 5.56 Å². The van der Waals surface area contributed by atoms with Crippen LogP contribution in [0.5, 0.6) is 0 Å². The Morgan fingerprint density at radius 1 is 0.656 bits per heavy atom. The van der Waals surface area contributed by atoms with Gasteiger partial charge in [-0.3, -0.25) is 10.2 Å². The minimum Gasteiger partial charge on any atom is -0.278 e. The van der Waals surface area contributed by atoms with Crippen molar-refractivity contribution in [3.63, 3.8) is 0 Å². The van der Waals surface area contributed by atoms with Crippen LogP contribution in [0.1, 0.15) is 57.6 Å². The smallest absolute Gasteiger partial charge is 0.271 e. The summed E-state index contributed by atoms with van der Waals surface area (Å²) in [5.74, 6) is -0.272. The number of carbonyl (C=O) groups is 1. The van der Waals surface area contributed by atoms with Crippen LogP contribution in [-0.2, 0) is 0 Å². The third-order valence-corrected chi connectivity index (χ3v) is 5.65. The Bertz CT molecular complexity index is 1210. The Hall–Kier alpha value is -3.73. The lowest BCUT2D eigenvalue weighted by Gasteiger charge is -2.08. The lowest BCUT2D eigenvalue weighted by atomic mass is 10.0. The third-order valence-electron chi connectivity index (χ3n) is 5.65. The van der Waals surface area contributed by atoms with Gasteiger partial charge in [0, 0.05) is 5.56 Å². The van der Waals surface area contributed by atoms with E-state index in [-0.39, 0.29) is 5.91 Å². The summed E-state index contributed by atoms with van der Waals surface area (Å²) in [6, 6.07) is 19.6. The number of rotatable bonds is 6. The second-order valence-corrected chi connectivity index (χ2v) is 8.13. The highest BCUT2D eigenvalue weighted by Crippen LogP contribution is 2.14. The first-order chi connectivity index (χ1) is 15.2. The van der Waals surface area contributed by atoms with Crippen molar-refractivity contribution in [1.82, 2.24) is 5.43 Å². The van der Waals surface area contributed by atoms with Crippen molar-refractivity contribution in [3.05, 3.63) is 99.6 Å². The van der Waals surface area contributed by atoms with Crippen LogP contribution in [-0.4, -0.2) is 17.3 Å². The summed E-state index contributed by atoms with van der Waals surface area (Å²) in [6.45, 7) is 12.2. The number of aryl methyl sites for hydroxylation is 4. The van der Waals surface area contributed by atoms with E-state index in [1.54, 1.807) is 12.1 Å². The molecular weight excluding hydrogens is 396 g/mol. The molecule has 3 aromatic carbocycles. The summed E-state index contributed by atoms with van der Waals surface area (Å²) in [5, 5.41) is 8.74. The zero-order valence-corrected chi connectivity index (χ0v) is 19.6. The number of carbonyl (C=O) groups excluding carboxylic acids is 1. The highest BCUT2D eigenvalue weighted by Gasteiger charge is 2.07. The molecule has 0 saturated heterocycles. The molecule has 0 aliphatic rings. The zero-order chi connectivity index (χ0) is 23.3. The van der Waals surface area contributed by atoms with Gasteiger partial charge in [0.05, 0.1) is 17.1 Å². The number of hydrogen-bond acceptors (Lipinski definition) is 4. The molecule has 1 amide bonds. The predicted octanol–water partition coefficient (Wildman–Crippen LogP) is 5.91. The van der Waals surface area contributed by atoms with Gasteiger partial charge in [0.2, 0.25) is 0 Å². The number of amides is 1. The van der Waals surface area contributed by atoms with E-state index in [1.807, 2.05) is 32.0 Å². The highest BCUT2D eigenvalue weighted by atomic mass is 16.2. The first-order valence-electron chi connectivity index (χ1n) is 10.6. The molecule has 0 spiro atoms. The molecule has 3 aromatic rings. The third kappa shape index (κ3) is 5.70. The van der Waals surface area contributed by atoms with Gasteiger partial charge in [-0.05, 0) is 105 Å².